The zero-order valence-corrected chi connectivity index (χ0v) is 14.4. The SMILES string of the molecule is Cc1ccc([N+](=O)[O-])cc1S(=O)(=O)Nc1cccc(S(C)(=O)=O)c1. The monoisotopic (exact) mass is 370 g/mol. The highest BCUT2D eigenvalue weighted by Gasteiger charge is 2.21. The molecule has 0 aliphatic carbocycles. The van der Waals surface area contributed by atoms with Gasteiger partial charge in [-0.1, -0.05) is 12.1 Å². The molecule has 0 amide bonds. The zero-order valence-electron chi connectivity index (χ0n) is 12.8. The summed E-state index contributed by atoms with van der Waals surface area (Å²) < 4.78 is 50.3. The Morgan fingerprint density at radius 3 is 2.29 bits per heavy atom. The van der Waals surface area contributed by atoms with E-state index in [1.165, 1.54) is 43.3 Å². The summed E-state index contributed by atoms with van der Waals surface area (Å²) in [5.41, 5.74) is 0.0158. The number of sulfone groups is 1. The Morgan fingerprint density at radius 1 is 1.04 bits per heavy atom. The zero-order chi connectivity index (χ0) is 18.1. The summed E-state index contributed by atoms with van der Waals surface area (Å²) in [5.74, 6) is 0. The van der Waals surface area contributed by atoms with E-state index in [0.29, 0.717) is 5.56 Å². The second-order valence-electron chi connectivity index (χ2n) is 5.11. The molecule has 0 saturated heterocycles. The molecule has 0 bridgehead atoms. The second kappa shape index (κ2) is 6.21. The molecule has 128 valence electrons. The predicted octanol–water partition coefficient (Wildman–Crippen LogP) is 2.11. The molecular weight excluding hydrogens is 356 g/mol. The minimum absolute atomic E-state index is 0.0431. The maximum Gasteiger partial charge on any atom is 0.270 e. The van der Waals surface area contributed by atoms with Crippen molar-refractivity contribution >= 4 is 31.2 Å². The van der Waals surface area contributed by atoms with Crippen LogP contribution in [0.2, 0.25) is 0 Å². The highest BCUT2D eigenvalue weighted by Crippen LogP contribution is 2.25. The molecule has 2 aromatic carbocycles. The Kier molecular flexibility index (Phi) is 4.63. The van der Waals surface area contributed by atoms with Crippen LogP contribution in [0.3, 0.4) is 0 Å². The van der Waals surface area contributed by atoms with Crippen molar-refractivity contribution in [3.8, 4) is 0 Å². The standard InChI is InChI=1S/C14H14N2O6S2/c1-10-6-7-12(16(17)18)9-14(10)24(21,22)15-11-4-3-5-13(8-11)23(2,19)20/h3-9,15H,1-2H3. The lowest BCUT2D eigenvalue weighted by atomic mass is 10.2. The Hall–Kier alpha value is -2.46. The molecule has 0 unspecified atom stereocenters. The average molecular weight is 370 g/mol. The third-order valence-corrected chi connectivity index (χ3v) is 5.82. The molecule has 0 atom stereocenters. The maximum atomic E-state index is 12.5. The number of aryl methyl sites for hydroxylation is 1. The molecule has 0 fully saturated rings. The number of benzene rings is 2. The first-order chi connectivity index (χ1) is 11.0. The molecular formula is C14H14N2O6S2. The lowest BCUT2D eigenvalue weighted by Crippen LogP contribution is -2.15. The van der Waals surface area contributed by atoms with E-state index < -0.39 is 24.8 Å². The van der Waals surface area contributed by atoms with Crippen molar-refractivity contribution in [2.45, 2.75) is 16.7 Å². The summed E-state index contributed by atoms with van der Waals surface area (Å²) in [5, 5.41) is 10.8. The van der Waals surface area contributed by atoms with Crippen molar-refractivity contribution in [2.24, 2.45) is 0 Å². The molecule has 2 rings (SSSR count). The van der Waals surface area contributed by atoms with Gasteiger partial charge in [-0.2, -0.15) is 0 Å². The first-order valence-electron chi connectivity index (χ1n) is 6.59. The van der Waals surface area contributed by atoms with E-state index >= 15 is 0 Å². The van der Waals surface area contributed by atoms with Gasteiger partial charge in [0, 0.05) is 18.4 Å². The van der Waals surface area contributed by atoms with E-state index in [9.17, 15) is 26.9 Å². The third kappa shape index (κ3) is 3.89. The van der Waals surface area contributed by atoms with Crippen molar-refractivity contribution in [2.75, 3.05) is 11.0 Å². The Labute approximate surface area is 139 Å². The number of nitrogens with one attached hydrogen (secondary N) is 1. The van der Waals surface area contributed by atoms with Crippen LogP contribution >= 0.6 is 0 Å². The molecule has 0 spiro atoms. The molecule has 0 saturated carbocycles. The van der Waals surface area contributed by atoms with Crippen LogP contribution in [-0.2, 0) is 19.9 Å². The Bertz CT molecular complexity index is 1010. The van der Waals surface area contributed by atoms with Crippen LogP contribution in [0.15, 0.2) is 52.3 Å². The fourth-order valence-electron chi connectivity index (χ4n) is 1.99. The van der Waals surface area contributed by atoms with Gasteiger partial charge in [0.1, 0.15) is 0 Å². The predicted molar refractivity (Wildman–Crippen MR) is 88.2 cm³/mol. The van der Waals surface area contributed by atoms with Gasteiger partial charge < -0.3 is 0 Å². The van der Waals surface area contributed by atoms with Crippen LogP contribution in [0.4, 0.5) is 11.4 Å². The van der Waals surface area contributed by atoms with Crippen molar-refractivity contribution in [3.05, 3.63) is 58.1 Å². The van der Waals surface area contributed by atoms with Crippen LogP contribution in [0.5, 0.6) is 0 Å². The number of hydrogen-bond donors (Lipinski definition) is 1. The number of hydrogen-bond acceptors (Lipinski definition) is 6. The third-order valence-electron chi connectivity index (χ3n) is 3.19. The summed E-state index contributed by atoms with van der Waals surface area (Å²) in [6.45, 7) is 1.51. The first-order valence-corrected chi connectivity index (χ1v) is 9.96. The van der Waals surface area contributed by atoms with Crippen LogP contribution in [0.1, 0.15) is 5.56 Å². The van der Waals surface area contributed by atoms with Crippen molar-refractivity contribution < 1.29 is 21.8 Å². The van der Waals surface area contributed by atoms with Crippen molar-refractivity contribution in [3.63, 3.8) is 0 Å². The van der Waals surface area contributed by atoms with E-state index in [4.69, 9.17) is 0 Å². The topological polar surface area (TPSA) is 123 Å². The number of nitrogens with zero attached hydrogens (tertiary/aromatic N) is 1. The summed E-state index contributed by atoms with van der Waals surface area (Å²) in [6, 6.07) is 8.80. The average Bonchev–Trinajstić information content (AvgIpc) is 2.46. The van der Waals surface area contributed by atoms with Gasteiger partial charge >= 0.3 is 0 Å². The highest BCUT2D eigenvalue weighted by molar-refractivity contribution is 7.92. The minimum Gasteiger partial charge on any atom is -0.280 e. The van der Waals surface area contributed by atoms with Crippen LogP contribution in [-0.4, -0.2) is 28.0 Å². The lowest BCUT2D eigenvalue weighted by molar-refractivity contribution is -0.385. The van der Waals surface area contributed by atoms with E-state index in [-0.39, 0.29) is 21.2 Å². The second-order valence-corrected chi connectivity index (χ2v) is 8.78. The molecule has 2 aromatic rings. The summed E-state index contributed by atoms with van der Waals surface area (Å²) in [4.78, 5) is 9.84. The van der Waals surface area contributed by atoms with Gasteiger partial charge in [-0.15, -0.1) is 0 Å². The van der Waals surface area contributed by atoms with E-state index in [1.54, 1.807) is 0 Å². The number of sulfonamides is 1. The smallest absolute Gasteiger partial charge is 0.270 e. The number of anilines is 1. The number of non-ortho nitro benzene ring substituents is 1. The van der Waals surface area contributed by atoms with Crippen LogP contribution in [0.25, 0.3) is 0 Å². The van der Waals surface area contributed by atoms with Crippen molar-refractivity contribution in [1.29, 1.82) is 0 Å². The van der Waals surface area contributed by atoms with Crippen LogP contribution in [0, 0.1) is 17.0 Å². The fourth-order valence-corrected chi connectivity index (χ4v) is 3.97. The van der Waals surface area contributed by atoms with Gasteiger partial charge in [0.2, 0.25) is 0 Å². The van der Waals surface area contributed by atoms with Crippen LogP contribution < -0.4 is 4.72 Å². The normalized spacial score (nSPS) is 11.9. The Balaban J connectivity index is 2.46. The Morgan fingerprint density at radius 2 is 1.71 bits per heavy atom. The van der Waals surface area contributed by atoms with Gasteiger partial charge in [0.15, 0.2) is 9.84 Å². The van der Waals surface area contributed by atoms with Gasteiger partial charge in [0.25, 0.3) is 15.7 Å². The molecule has 0 aliphatic rings. The van der Waals surface area contributed by atoms with Gasteiger partial charge in [0.05, 0.1) is 20.4 Å². The van der Waals surface area contributed by atoms with Gasteiger partial charge in [-0.05, 0) is 30.7 Å². The van der Waals surface area contributed by atoms with E-state index in [1.807, 2.05) is 0 Å². The molecule has 0 aromatic heterocycles. The first kappa shape index (κ1) is 17.9. The van der Waals surface area contributed by atoms with Gasteiger partial charge in [-0.25, -0.2) is 16.8 Å². The van der Waals surface area contributed by atoms with E-state index in [0.717, 1.165) is 12.3 Å². The van der Waals surface area contributed by atoms with Crippen molar-refractivity contribution in [1.82, 2.24) is 0 Å². The molecule has 1 N–H and O–H groups in total. The number of rotatable bonds is 5. The minimum atomic E-state index is -4.11. The molecule has 24 heavy (non-hydrogen) atoms. The molecule has 8 nitrogen and oxygen atoms in total. The molecule has 10 heteroatoms. The van der Waals surface area contributed by atoms with E-state index in [2.05, 4.69) is 4.72 Å². The summed E-state index contributed by atoms with van der Waals surface area (Å²) >= 11 is 0. The maximum absolute atomic E-state index is 12.5. The quantitative estimate of drug-likeness (QED) is 0.635. The molecule has 0 heterocycles. The fraction of sp³-hybridized carbons (Fsp3) is 0.143. The lowest BCUT2D eigenvalue weighted by Gasteiger charge is -2.11. The summed E-state index contributed by atoms with van der Waals surface area (Å²) in [6.07, 6.45) is 1.01. The highest BCUT2D eigenvalue weighted by atomic mass is 32.2. The molecule has 0 aliphatic heterocycles. The number of nitro groups is 1. The number of nitro benzene ring substituents is 1. The van der Waals surface area contributed by atoms with Gasteiger partial charge in [-0.3, -0.25) is 14.8 Å². The largest absolute Gasteiger partial charge is 0.280 e. The summed E-state index contributed by atoms with van der Waals surface area (Å²) in [7, 11) is -7.61. The molecule has 0 radical (unpaired) electrons.